The number of nitrogens with one attached hydrogen (secondary N) is 1. The van der Waals surface area contributed by atoms with Crippen LogP contribution in [-0.4, -0.2) is 24.9 Å². The van der Waals surface area contributed by atoms with Crippen LogP contribution in [0.5, 0.6) is 0 Å². The van der Waals surface area contributed by atoms with E-state index in [9.17, 15) is 17.6 Å². The summed E-state index contributed by atoms with van der Waals surface area (Å²) >= 11 is 0. The van der Waals surface area contributed by atoms with Crippen molar-refractivity contribution in [2.24, 2.45) is 0 Å². The molecule has 0 aliphatic rings. The summed E-state index contributed by atoms with van der Waals surface area (Å²) in [7, 11) is 1.34. The maximum absolute atomic E-state index is 12.7. The van der Waals surface area contributed by atoms with E-state index in [0.29, 0.717) is 5.56 Å². The number of benzene rings is 1. The average molecular weight is 275 g/mol. The van der Waals surface area contributed by atoms with Crippen molar-refractivity contribution in [3.8, 4) is 0 Å². The molecular weight excluding hydrogens is 262 g/mol. The van der Waals surface area contributed by atoms with Crippen LogP contribution in [0, 0.1) is 5.82 Å². The molecule has 1 aromatic carbocycles. The first-order valence-electron chi connectivity index (χ1n) is 5.40. The van der Waals surface area contributed by atoms with Crippen LogP contribution in [0.15, 0.2) is 42.1 Å². The Kier molecular flexibility index (Phi) is 5.11. The van der Waals surface area contributed by atoms with Gasteiger partial charge in [0.1, 0.15) is 5.82 Å². The minimum Gasteiger partial charge on any atom is -0.393 e. The number of hydrogen-bond donors (Lipinski definition) is 2. The quantitative estimate of drug-likeness (QED) is 0.654. The molecule has 104 valence electrons. The molecule has 0 bridgehead atoms. The molecule has 1 rings (SSSR count). The Morgan fingerprint density at radius 2 is 1.84 bits per heavy atom. The van der Waals surface area contributed by atoms with Gasteiger partial charge in [-0.1, -0.05) is 12.1 Å². The van der Waals surface area contributed by atoms with Gasteiger partial charge < -0.3 is 10.4 Å². The van der Waals surface area contributed by atoms with E-state index in [-0.39, 0.29) is 5.57 Å². The van der Waals surface area contributed by atoms with E-state index >= 15 is 0 Å². The fourth-order valence-electron chi connectivity index (χ4n) is 1.43. The Morgan fingerprint density at radius 3 is 2.26 bits per heavy atom. The normalized spacial score (nSPS) is 13.6. The first-order valence-corrected chi connectivity index (χ1v) is 5.40. The van der Waals surface area contributed by atoms with Gasteiger partial charge in [0.2, 0.25) is 0 Å². The smallest absolute Gasteiger partial charge is 0.393 e. The van der Waals surface area contributed by atoms with Crippen LogP contribution in [0.3, 0.4) is 0 Å². The molecule has 0 heterocycles. The van der Waals surface area contributed by atoms with Crippen LogP contribution in [0.25, 0.3) is 5.57 Å². The molecule has 0 saturated carbocycles. The maximum atomic E-state index is 12.7. The summed E-state index contributed by atoms with van der Waals surface area (Å²) in [6.07, 6.45) is -2.92. The second kappa shape index (κ2) is 6.38. The fourth-order valence-corrected chi connectivity index (χ4v) is 1.43. The molecule has 0 saturated heterocycles. The minimum atomic E-state index is -4.54. The highest BCUT2D eigenvalue weighted by atomic mass is 19.4. The van der Waals surface area contributed by atoms with Gasteiger partial charge in [0.25, 0.3) is 0 Å². The number of aliphatic hydroxyl groups excluding tert-OH is 1. The lowest BCUT2D eigenvalue weighted by molar-refractivity contribution is -0.0885. The Balaban J connectivity index is 3.17. The molecule has 19 heavy (non-hydrogen) atoms. The number of allylic oxidation sites excluding steroid dienone is 2. The van der Waals surface area contributed by atoms with Crippen molar-refractivity contribution < 1.29 is 22.7 Å². The average Bonchev–Trinajstić information content (AvgIpc) is 2.34. The van der Waals surface area contributed by atoms with Crippen molar-refractivity contribution in [2.75, 3.05) is 13.7 Å². The van der Waals surface area contributed by atoms with Gasteiger partial charge in [-0.3, -0.25) is 0 Å². The number of rotatable bonds is 4. The number of aliphatic hydroxyl groups is 1. The van der Waals surface area contributed by atoms with E-state index in [1.165, 1.54) is 19.2 Å². The summed E-state index contributed by atoms with van der Waals surface area (Å²) in [4.78, 5) is 0. The molecule has 0 spiro atoms. The zero-order valence-electron chi connectivity index (χ0n) is 10.1. The molecule has 6 heteroatoms. The largest absolute Gasteiger partial charge is 0.417 e. The van der Waals surface area contributed by atoms with Gasteiger partial charge in [-0.25, -0.2) is 4.39 Å². The molecule has 0 radical (unpaired) electrons. The van der Waals surface area contributed by atoms with Gasteiger partial charge in [0.15, 0.2) is 0 Å². The van der Waals surface area contributed by atoms with Gasteiger partial charge in [-0.05, 0) is 29.3 Å². The molecule has 2 nitrogen and oxygen atoms in total. The van der Waals surface area contributed by atoms with Gasteiger partial charge in [-0.2, -0.15) is 13.2 Å². The van der Waals surface area contributed by atoms with E-state index in [4.69, 9.17) is 5.11 Å². The third-order valence-electron chi connectivity index (χ3n) is 2.34. The van der Waals surface area contributed by atoms with Crippen molar-refractivity contribution in [1.29, 1.82) is 0 Å². The van der Waals surface area contributed by atoms with Crippen LogP contribution in [0.2, 0.25) is 0 Å². The predicted octanol–water partition coefficient (Wildman–Crippen LogP) is 2.87. The minimum absolute atomic E-state index is 0.0545. The highest BCUT2D eigenvalue weighted by Crippen LogP contribution is 2.29. The van der Waals surface area contributed by atoms with Gasteiger partial charge >= 0.3 is 6.18 Å². The highest BCUT2D eigenvalue weighted by Gasteiger charge is 2.32. The summed E-state index contributed by atoms with van der Waals surface area (Å²) in [6, 6.07) is 4.86. The molecule has 0 fully saturated rings. The first-order chi connectivity index (χ1) is 8.88. The standard InChI is InChI=1S/C13H13F4NO/c1-18-7-11(13(15,16)17)6-10(8-19)9-2-4-12(14)5-3-9/h2-7,18-19H,8H2,1H3/b10-6-,11-7+. The molecule has 2 N–H and O–H groups in total. The van der Waals surface area contributed by atoms with Crippen molar-refractivity contribution in [2.45, 2.75) is 6.18 Å². The molecule has 0 aliphatic carbocycles. The SMILES string of the molecule is CN/C=C(\C=C(\CO)c1ccc(F)cc1)C(F)(F)F. The summed E-state index contributed by atoms with van der Waals surface area (Å²) in [5.74, 6) is -0.497. The van der Waals surface area contributed by atoms with E-state index in [0.717, 1.165) is 24.4 Å². The predicted molar refractivity (Wildman–Crippen MR) is 64.7 cm³/mol. The molecule has 0 aliphatic heterocycles. The van der Waals surface area contributed by atoms with E-state index in [1.54, 1.807) is 0 Å². The second-order valence-electron chi connectivity index (χ2n) is 3.72. The lowest BCUT2D eigenvalue weighted by Gasteiger charge is -2.11. The lowest BCUT2D eigenvalue weighted by atomic mass is 10.0. The van der Waals surface area contributed by atoms with Gasteiger partial charge in [-0.15, -0.1) is 0 Å². The van der Waals surface area contributed by atoms with E-state index in [1.807, 2.05) is 0 Å². The molecule has 0 amide bonds. The molecule has 0 aromatic heterocycles. The zero-order chi connectivity index (χ0) is 14.5. The monoisotopic (exact) mass is 275 g/mol. The van der Waals surface area contributed by atoms with Gasteiger partial charge in [0.05, 0.1) is 12.2 Å². The third kappa shape index (κ3) is 4.40. The van der Waals surface area contributed by atoms with Crippen LogP contribution in [-0.2, 0) is 0 Å². The Labute approximate surface area is 108 Å². The van der Waals surface area contributed by atoms with Crippen molar-refractivity contribution >= 4 is 5.57 Å². The van der Waals surface area contributed by atoms with E-state index < -0.39 is 24.2 Å². The van der Waals surface area contributed by atoms with Crippen LogP contribution in [0.1, 0.15) is 5.56 Å². The number of halogens is 4. The van der Waals surface area contributed by atoms with E-state index in [2.05, 4.69) is 5.32 Å². The second-order valence-corrected chi connectivity index (χ2v) is 3.72. The summed E-state index contributed by atoms with van der Waals surface area (Å²) in [6.45, 7) is -0.581. The van der Waals surface area contributed by atoms with Crippen LogP contribution >= 0.6 is 0 Å². The topological polar surface area (TPSA) is 32.3 Å². The van der Waals surface area contributed by atoms with Crippen molar-refractivity contribution in [3.63, 3.8) is 0 Å². The number of alkyl halides is 3. The Bertz CT molecular complexity index is 474. The Morgan fingerprint density at radius 1 is 1.26 bits per heavy atom. The third-order valence-corrected chi connectivity index (χ3v) is 2.34. The summed E-state index contributed by atoms with van der Waals surface area (Å²) in [5, 5.41) is 11.5. The molecule has 0 atom stereocenters. The number of hydrogen-bond acceptors (Lipinski definition) is 2. The lowest BCUT2D eigenvalue weighted by Crippen LogP contribution is -2.14. The molecular formula is C13H13F4NO. The first kappa shape index (κ1) is 15.2. The molecule has 0 unspecified atom stereocenters. The summed E-state index contributed by atoms with van der Waals surface area (Å²) in [5.41, 5.74) is -0.544. The van der Waals surface area contributed by atoms with Crippen LogP contribution < -0.4 is 5.32 Å². The van der Waals surface area contributed by atoms with Crippen molar-refractivity contribution in [3.05, 3.63) is 53.5 Å². The van der Waals surface area contributed by atoms with Crippen molar-refractivity contribution in [1.82, 2.24) is 5.32 Å². The van der Waals surface area contributed by atoms with Crippen LogP contribution in [0.4, 0.5) is 17.6 Å². The summed E-state index contributed by atoms with van der Waals surface area (Å²) < 4.78 is 50.8. The van der Waals surface area contributed by atoms with Gasteiger partial charge in [0, 0.05) is 13.2 Å². The maximum Gasteiger partial charge on any atom is 0.417 e. The zero-order valence-corrected chi connectivity index (χ0v) is 10.1. The molecule has 1 aromatic rings. The Hall–Kier alpha value is -1.82. The fraction of sp³-hybridized carbons (Fsp3) is 0.231. The highest BCUT2D eigenvalue weighted by molar-refractivity contribution is 5.69.